The molecule has 6 nitrogen and oxygen atoms in total. The van der Waals surface area contributed by atoms with E-state index in [1.54, 1.807) is 11.3 Å². The molecule has 2 aromatic rings. The Morgan fingerprint density at radius 3 is 3.04 bits per heavy atom. The second kappa shape index (κ2) is 8.12. The van der Waals surface area contributed by atoms with Crippen LogP contribution in [0, 0.1) is 13.8 Å². The first kappa shape index (κ1) is 18.7. The highest BCUT2D eigenvalue weighted by molar-refractivity contribution is 7.10. The van der Waals surface area contributed by atoms with Crippen LogP contribution in [0.1, 0.15) is 57.1 Å². The van der Waals surface area contributed by atoms with Crippen LogP contribution in [0.15, 0.2) is 9.90 Å². The number of amides is 1. The van der Waals surface area contributed by atoms with Crippen LogP contribution in [0.4, 0.5) is 0 Å². The Bertz CT molecular complexity index is 788. The quantitative estimate of drug-likeness (QED) is 0.850. The second-order valence-corrected chi connectivity index (χ2v) is 8.48. The number of carbonyl (C=O) groups is 1. The van der Waals surface area contributed by atoms with E-state index in [1.807, 2.05) is 19.2 Å². The summed E-state index contributed by atoms with van der Waals surface area (Å²) in [4.78, 5) is 16.4. The molecule has 2 aliphatic heterocycles. The van der Waals surface area contributed by atoms with E-state index in [-0.39, 0.29) is 12.0 Å². The zero-order valence-electron chi connectivity index (χ0n) is 16.0. The average Bonchev–Trinajstić information content (AvgIpc) is 3.25. The minimum atomic E-state index is 0.0425. The molecule has 1 N–H and O–H groups in total. The fraction of sp³-hybridized carbons (Fsp3) is 0.600. The largest absolute Gasteiger partial charge is 0.376 e. The van der Waals surface area contributed by atoms with Crippen LogP contribution in [-0.4, -0.2) is 41.8 Å². The third-order valence-electron chi connectivity index (χ3n) is 5.60. The van der Waals surface area contributed by atoms with Gasteiger partial charge in [-0.2, -0.15) is 0 Å². The zero-order chi connectivity index (χ0) is 18.8. The van der Waals surface area contributed by atoms with Crippen molar-refractivity contribution >= 4 is 17.2 Å². The number of nitrogens with zero attached hydrogens (tertiary/aromatic N) is 2. The molecule has 2 aliphatic rings. The number of fused-ring (bicyclic) bond motifs is 1. The van der Waals surface area contributed by atoms with E-state index in [4.69, 9.17) is 9.26 Å². The SMILES string of the molecule is Cc1noc(C)c1CN1CCc2c(C(=O)NCC3CCCCO3)csc2C1. The summed E-state index contributed by atoms with van der Waals surface area (Å²) >= 11 is 1.69. The van der Waals surface area contributed by atoms with E-state index in [1.165, 1.54) is 22.4 Å². The predicted octanol–water partition coefficient (Wildman–Crippen LogP) is 3.21. The molecule has 27 heavy (non-hydrogen) atoms. The lowest BCUT2D eigenvalue weighted by atomic mass is 10.0. The molecule has 0 spiro atoms. The molecule has 146 valence electrons. The number of ether oxygens (including phenoxy) is 1. The number of hydrogen-bond donors (Lipinski definition) is 1. The number of hydrogen-bond acceptors (Lipinski definition) is 6. The molecule has 0 bridgehead atoms. The van der Waals surface area contributed by atoms with E-state index in [0.29, 0.717) is 6.54 Å². The standard InChI is InChI=1S/C20H27N3O3S/c1-13-17(14(2)26-22-13)10-23-7-6-16-18(12-27-19(16)11-23)20(24)21-9-15-5-3-4-8-25-15/h12,15H,3-11H2,1-2H3,(H,21,24). The number of aryl methyl sites for hydroxylation is 2. The monoisotopic (exact) mass is 389 g/mol. The molecule has 4 heterocycles. The summed E-state index contributed by atoms with van der Waals surface area (Å²) in [7, 11) is 0. The van der Waals surface area contributed by atoms with Gasteiger partial charge >= 0.3 is 0 Å². The first-order valence-corrected chi connectivity index (χ1v) is 10.6. The highest BCUT2D eigenvalue weighted by atomic mass is 32.1. The topological polar surface area (TPSA) is 67.6 Å². The summed E-state index contributed by atoms with van der Waals surface area (Å²) in [6, 6.07) is 0. The Kier molecular flexibility index (Phi) is 5.61. The van der Waals surface area contributed by atoms with Crippen LogP contribution in [0.5, 0.6) is 0 Å². The van der Waals surface area contributed by atoms with Gasteiger partial charge in [0, 0.05) is 48.6 Å². The summed E-state index contributed by atoms with van der Waals surface area (Å²) in [5, 5.41) is 9.14. The Hall–Kier alpha value is -1.70. The van der Waals surface area contributed by atoms with Crippen LogP contribution in [0.2, 0.25) is 0 Å². The van der Waals surface area contributed by atoms with Gasteiger partial charge in [-0.3, -0.25) is 9.69 Å². The smallest absolute Gasteiger partial charge is 0.252 e. The third-order valence-corrected chi connectivity index (χ3v) is 6.61. The number of thiophene rings is 1. The Balaban J connectivity index is 1.37. The molecule has 0 saturated carbocycles. The van der Waals surface area contributed by atoms with Crippen LogP contribution in [0.25, 0.3) is 0 Å². The maximum atomic E-state index is 12.7. The molecule has 0 aliphatic carbocycles. The molecular formula is C20H27N3O3S. The Labute approximate surface area is 163 Å². The number of carbonyl (C=O) groups excluding carboxylic acids is 1. The number of nitrogens with one attached hydrogen (secondary N) is 1. The van der Waals surface area contributed by atoms with Gasteiger partial charge in [0.1, 0.15) is 5.76 Å². The van der Waals surface area contributed by atoms with Crippen LogP contribution < -0.4 is 5.32 Å². The molecule has 1 unspecified atom stereocenters. The highest BCUT2D eigenvalue weighted by Crippen LogP contribution is 2.30. The molecule has 1 saturated heterocycles. The molecule has 2 aromatic heterocycles. The number of rotatable bonds is 5. The van der Waals surface area contributed by atoms with Crippen LogP contribution >= 0.6 is 11.3 Å². The minimum absolute atomic E-state index is 0.0425. The van der Waals surface area contributed by atoms with Gasteiger partial charge in [0.05, 0.1) is 17.4 Å². The normalized spacial score (nSPS) is 20.4. The van der Waals surface area contributed by atoms with E-state index in [9.17, 15) is 4.79 Å². The lowest BCUT2D eigenvalue weighted by Crippen LogP contribution is -2.36. The molecular weight excluding hydrogens is 362 g/mol. The van der Waals surface area contributed by atoms with E-state index in [2.05, 4.69) is 15.4 Å². The summed E-state index contributed by atoms with van der Waals surface area (Å²) in [6.07, 6.45) is 4.44. The Morgan fingerprint density at radius 1 is 1.41 bits per heavy atom. The minimum Gasteiger partial charge on any atom is -0.376 e. The molecule has 4 rings (SSSR count). The van der Waals surface area contributed by atoms with Gasteiger partial charge in [-0.1, -0.05) is 5.16 Å². The van der Waals surface area contributed by atoms with Gasteiger partial charge in [0.2, 0.25) is 0 Å². The Morgan fingerprint density at radius 2 is 2.30 bits per heavy atom. The van der Waals surface area contributed by atoms with Gasteiger partial charge in [0.15, 0.2) is 0 Å². The highest BCUT2D eigenvalue weighted by Gasteiger charge is 2.25. The second-order valence-electron chi connectivity index (χ2n) is 7.51. The average molecular weight is 390 g/mol. The van der Waals surface area contributed by atoms with Crippen molar-refractivity contribution in [3.8, 4) is 0 Å². The van der Waals surface area contributed by atoms with Crippen molar-refractivity contribution in [1.82, 2.24) is 15.4 Å². The summed E-state index contributed by atoms with van der Waals surface area (Å²) < 4.78 is 11.0. The summed E-state index contributed by atoms with van der Waals surface area (Å²) in [5.41, 5.74) is 4.22. The van der Waals surface area contributed by atoms with E-state index >= 15 is 0 Å². The molecule has 1 amide bonds. The van der Waals surface area contributed by atoms with Gasteiger partial charge in [-0.05, 0) is 45.1 Å². The molecule has 1 atom stereocenters. The third kappa shape index (κ3) is 4.10. The van der Waals surface area contributed by atoms with Gasteiger partial charge in [-0.25, -0.2) is 0 Å². The van der Waals surface area contributed by atoms with Gasteiger partial charge < -0.3 is 14.6 Å². The van der Waals surface area contributed by atoms with Crippen molar-refractivity contribution in [1.29, 1.82) is 0 Å². The van der Waals surface area contributed by atoms with Crippen molar-refractivity contribution < 1.29 is 14.1 Å². The summed E-state index contributed by atoms with van der Waals surface area (Å²) in [5.74, 6) is 0.940. The molecule has 0 radical (unpaired) electrons. The van der Waals surface area contributed by atoms with Crippen LogP contribution in [-0.2, 0) is 24.2 Å². The van der Waals surface area contributed by atoms with Crippen molar-refractivity contribution in [2.75, 3.05) is 19.7 Å². The van der Waals surface area contributed by atoms with E-state index in [0.717, 1.165) is 62.5 Å². The van der Waals surface area contributed by atoms with Crippen molar-refractivity contribution in [2.24, 2.45) is 0 Å². The first-order chi connectivity index (χ1) is 13.1. The lowest BCUT2D eigenvalue weighted by Gasteiger charge is -2.27. The lowest BCUT2D eigenvalue weighted by molar-refractivity contribution is 0.0169. The molecule has 1 fully saturated rings. The first-order valence-electron chi connectivity index (χ1n) is 9.75. The summed E-state index contributed by atoms with van der Waals surface area (Å²) in [6.45, 7) is 8.05. The fourth-order valence-electron chi connectivity index (χ4n) is 3.93. The van der Waals surface area contributed by atoms with Crippen LogP contribution in [0.3, 0.4) is 0 Å². The maximum Gasteiger partial charge on any atom is 0.252 e. The predicted molar refractivity (Wildman–Crippen MR) is 104 cm³/mol. The molecule has 7 heteroatoms. The fourth-order valence-corrected chi connectivity index (χ4v) is 5.05. The van der Waals surface area contributed by atoms with Gasteiger partial charge in [-0.15, -0.1) is 11.3 Å². The maximum absolute atomic E-state index is 12.7. The number of aromatic nitrogens is 1. The van der Waals surface area contributed by atoms with Gasteiger partial charge in [0.25, 0.3) is 5.91 Å². The van der Waals surface area contributed by atoms with E-state index < -0.39 is 0 Å². The van der Waals surface area contributed by atoms with Crippen molar-refractivity contribution in [2.45, 2.75) is 58.7 Å². The van der Waals surface area contributed by atoms with Crippen molar-refractivity contribution in [3.05, 3.63) is 38.4 Å². The zero-order valence-corrected chi connectivity index (χ0v) is 16.9. The van der Waals surface area contributed by atoms with Crippen molar-refractivity contribution in [3.63, 3.8) is 0 Å². The molecule has 0 aromatic carbocycles.